The molecule has 0 bridgehead atoms. The summed E-state index contributed by atoms with van der Waals surface area (Å²) in [6, 6.07) is 16.5. The van der Waals surface area contributed by atoms with Crippen LogP contribution in [0.3, 0.4) is 0 Å². The zero-order chi connectivity index (χ0) is 19.2. The molecular formula is C20H18ClN5O. The van der Waals surface area contributed by atoms with E-state index in [1.165, 1.54) is 0 Å². The number of nitriles is 1. The number of aryl methyl sites for hydroxylation is 1. The van der Waals surface area contributed by atoms with E-state index in [-0.39, 0.29) is 6.03 Å². The Labute approximate surface area is 162 Å². The van der Waals surface area contributed by atoms with E-state index in [2.05, 4.69) is 27.0 Å². The Balaban J connectivity index is 1.59. The van der Waals surface area contributed by atoms with Crippen molar-refractivity contribution in [1.29, 1.82) is 5.26 Å². The smallest absolute Gasteiger partial charge is 0.319 e. The van der Waals surface area contributed by atoms with Gasteiger partial charge in [0.25, 0.3) is 0 Å². The number of fused-ring (bicyclic) bond motifs is 1. The number of carbonyl (C=O) groups excluding carboxylic acids is 1. The number of nitrogens with zero attached hydrogens (tertiary/aromatic N) is 2. The summed E-state index contributed by atoms with van der Waals surface area (Å²) in [6.07, 6.45) is 0. The van der Waals surface area contributed by atoms with Gasteiger partial charge in [-0.05, 0) is 30.7 Å². The van der Waals surface area contributed by atoms with Gasteiger partial charge >= 0.3 is 6.03 Å². The summed E-state index contributed by atoms with van der Waals surface area (Å²) in [5.74, 6) is 0.507. The molecule has 0 spiro atoms. The van der Waals surface area contributed by atoms with E-state index in [9.17, 15) is 10.1 Å². The lowest BCUT2D eigenvalue weighted by atomic mass is 10.1. The zero-order valence-corrected chi connectivity index (χ0v) is 15.5. The molecule has 27 heavy (non-hydrogen) atoms. The third-order valence-corrected chi connectivity index (χ3v) is 4.32. The predicted octanol–water partition coefficient (Wildman–Crippen LogP) is 4.30. The fourth-order valence-electron chi connectivity index (χ4n) is 2.65. The number of carbonyl (C=O) groups is 1. The summed E-state index contributed by atoms with van der Waals surface area (Å²) in [5.41, 5.74) is 2.90. The molecule has 6 nitrogen and oxygen atoms in total. The molecule has 1 aromatic heterocycles. The number of para-hydroxylation sites is 2. The van der Waals surface area contributed by atoms with E-state index in [1.807, 2.05) is 31.2 Å². The Bertz CT molecular complexity index is 1030. The number of nitrogens with one attached hydrogen (secondary N) is 3. The third kappa shape index (κ3) is 4.46. The number of anilines is 2. The molecule has 2 aromatic carbocycles. The fourth-order valence-corrected chi connectivity index (χ4v) is 2.84. The topological polar surface area (TPSA) is 89.8 Å². The van der Waals surface area contributed by atoms with E-state index in [1.54, 1.807) is 24.3 Å². The van der Waals surface area contributed by atoms with Crippen molar-refractivity contribution >= 4 is 40.0 Å². The lowest BCUT2D eigenvalue weighted by Gasteiger charge is -2.11. The van der Waals surface area contributed by atoms with Gasteiger partial charge in [0.15, 0.2) is 0 Å². The van der Waals surface area contributed by atoms with Crippen molar-refractivity contribution in [3.8, 4) is 6.07 Å². The highest BCUT2D eigenvalue weighted by molar-refractivity contribution is 6.33. The van der Waals surface area contributed by atoms with Crippen molar-refractivity contribution in [2.75, 3.05) is 23.7 Å². The van der Waals surface area contributed by atoms with Crippen molar-refractivity contribution in [3.05, 3.63) is 64.7 Å². The van der Waals surface area contributed by atoms with Gasteiger partial charge in [-0.25, -0.2) is 9.78 Å². The Kier molecular flexibility index (Phi) is 5.74. The van der Waals surface area contributed by atoms with Crippen LogP contribution in [0.2, 0.25) is 5.02 Å². The van der Waals surface area contributed by atoms with Gasteiger partial charge in [0.05, 0.1) is 21.8 Å². The molecule has 0 aliphatic rings. The first-order chi connectivity index (χ1) is 13.1. The van der Waals surface area contributed by atoms with Crippen LogP contribution >= 0.6 is 11.6 Å². The van der Waals surface area contributed by atoms with Crippen LogP contribution in [0.25, 0.3) is 10.9 Å². The quantitative estimate of drug-likeness (QED) is 0.576. The minimum absolute atomic E-state index is 0.354. The Morgan fingerprint density at radius 1 is 1.19 bits per heavy atom. The maximum absolute atomic E-state index is 11.9. The first-order valence-electron chi connectivity index (χ1n) is 8.42. The average molecular weight is 380 g/mol. The molecule has 7 heteroatoms. The van der Waals surface area contributed by atoms with Crippen LogP contribution < -0.4 is 16.0 Å². The summed E-state index contributed by atoms with van der Waals surface area (Å²) >= 11 is 6.01. The highest BCUT2D eigenvalue weighted by Crippen LogP contribution is 2.22. The molecule has 1 heterocycles. The van der Waals surface area contributed by atoms with Crippen LogP contribution in [-0.4, -0.2) is 24.1 Å². The molecule has 0 saturated carbocycles. The number of rotatable bonds is 5. The van der Waals surface area contributed by atoms with Crippen LogP contribution in [0.1, 0.15) is 11.1 Å². The van der Waals surface area contributed by atoms with Crippen molar-refractivity contribution in [1.82, 2.24) is 10.3 Å². The molecule has 0 unspecified atom stereocenters. The van der Waals surface area contributed by atoms with E-state index in [0.29, 0.717) is 35.2 Å². The zero-order valence-electron chi connectivity index (χ0n) is 14.7. The van der Waals surface area contributed by atoms with Crippen molar-refractivity contribution < 1.29 is 4.79 Å². The highest BCUT2D eigenvalue weighted by Gasteiger charge is 2.08. The number of amides is 2. The number of halogens is 1. The number of urea groups is 1. The van der Waals surface area contributed by atoms with Crippen LogP contribution in [-0.2, 0) is 0 Å². The monoisotopic (exact) mass is 379 g/mol. The van der Waals surface area contributed by atoms with Crippen molar-refractivity contribution in [2.24, 2.45) is 0 Å². The van der Waals surface area contributed by atoms with Crippen molar-refractivity contribution in [3.63, 3.8) is 0 Å². The maximum atomic E-state index is 11.9. The van der Waals surface area contributed by atoms with Gasteiger partial charge in [0.2, 0.25) is 0 Å². The Morgan fingerprint density at radius 2 is 2.00 bits per heavy atom. The second kappa shape index (κ2) is 8.39. The van der Waals surface area contributed by atoms with Crippen LogP contribution in [0.5, 0.6) is 0 Å². The molecule has 3 N–H and O–H groups in total. The molecule has 0 radical (unpaired) electrons. The second-order valence-electron chi connectivity index (χ2n) is 5.93. The van der Waals surface area contributed by atoms with E-state index < -0.39 is 0 Å². The molecule has 3 aromatic rings. The van der Waals surface area contributed by atoms with Crippen molar-refractivity contribution in [2.45, 2.75) is 6.92 Å². The average Bonchev–Trinajstić information content (AvgIpc) is 2.67. The first-order valence-corrected chi connectivity index (χ1v) is 8.80. The van der Waals surface area contributed by atoms with E-state index in [4.69, 9.17) is 11.6 Å². The van der Waals surface area contributed by atoms with Crippen LogP contribution in [0.15, 0.2) is 48.5 Å². The van der Waals surface area contributed by atoms with Gasteiger partial charge in [-0.15, -0.1) is 0 Å². The molecule has 0 saturated heterocycles. The van der Waals surface area contributed by atoms with Gasteiger partial charge < -0.3 is 16.0 Å². The molecule has 0 fully saturated rings. The van der Waals surface area contributed by atoms with Gasteiger partial charge in [0, 0.05) is 18.5 Å². The first kappa shape index (κ1) is 18.5. The predicted molar refractivity (Wildman–Crippen MR) is 108 cm³/mol. The molecule has 136 valence electrons. The largest absolute Gasteiger partial charge is 0.367 e. The second-order valence-corrected chi connectivity index (χ2v) is 6.34. The molecule has 3 rings (SSSR count). The summed E-state index contributed by atoms with van der Waals surface area (Å²) in [4.78, 5) is 16.5. The number of benzene rings is 2. The van der Waals surface area contributed by atoms with Crippen LogP contribution in [0.4, 0.5) is 16.3 Å². The fraction of sp³-hybridized carbons (Fsp3) is 0.150. The lowest BCUT2D eigenvalue weighted by Crippen LogP contribution is -2.32. The highest BCUT2D eigenvalue weighted by atomic mass is 35.5. The summed E-state index contributed by atoms with van der Waals surface area (Å²) in [5, 5.41) is 19.3. The lowest BCUT2D eigenvalue weighted by molar-refractivity contribution is 0.252. The Morgan fingerprint density at radius 3 is 2.78 bits per heavy atom. The molecule has 2 amide bonds. The SMILES string of the molecule is Cc1cccc2cc(C#N)c(NCCNC(=O)Nc3ccccc3Cl)nc12. The van der Waals surface area contributed by atoms with Gasteiger partial charge in [-0.1, -0.05) is 41.9 Å². The number of aromatic nitrogens is 1. The molecule has 0 atom stereocenters. The van der Waals surface area contributed by atoms with Gasteiger partial charge in [0.1, 0.15) is 11.9 Å². The minimum atomic E-state index is -0.354. The third-order valence-electron chi connectivity index (χ3n) is 3.99. The molecule has 0 aliphatic heterocycles. The summed E-state index contributed by atoms with van der Waals surface area (Å²) < 4.78 is 0. The van der Waals surface area contributed by atoms with Crippen LogP contribution in [0, 0.1) is 18.3 Å². The van der Waals surface area contributed by atoms with E-state index in [0.717, 1.165) is 16.5 Å². The van der Waals surface area contributed by atoms with Gasteiger partial charge in [-0.3, -0.25) is 0 Å². The maximum Gasteiger partial charge on any atom is 0.319 e. The minimum Gasteiger partial charge on any atom is -0.367 e. The standard InChI is InChI=1S/C20H18ClN5O/c1-13-5-4-6-14-11-15(12-22)19(26-18(13)14)23-9-10-24-20(27)25-17-8-3-2-7-16(17)21/h2-8,11H,9-10H2,1H3,(H,23,26)(H2,24,25,27). The summed E-state index contributed by atoms with van der Waals surface area (Å²) in [6.45, 7) is 2.76. The summed E-state index contributed by atoms with van der Waals surface area (Å²) in [7, 11) is 0. The Hall–Kier alpha value is -3.30. The van der Waals surface area contributed by atoms with E-state index >= 15 is 0 Å². The molecule has 0 aliphatic carbocycles. The number of hydrogen-bond acceptors (Lipinski definition) is 4. The van der Waals surface area contributed by atoms with Gasteiger partial charge in [-0.2, -0.15) is 5.26 Å². The normalized spacial score (nSPS) is 10.3. The molecular weight excluding hydrogens is 362 g/mol. The number of pyridine rings is 1. The number of hydrogen-bond donors (Lipinski definition) is 3.